The van der Waals surface area contributed by atoms with Gasteiger partial charge < -0.3 is 5.73 Å². The smallest absolute Gasteiger partial charge is 0.0274 e. The van der Waals surface area contributed by atoms with Gasteiger partial charge in [0.05, 0.1) is 0 Å². The van der Waals surface area contributed by atoms with Gasteiger partial charge in [-0.05, 0) is 13.0 Å². The SMILES string of the molecule is CCCCCCCCCCCCCCCCCCN.C[SiH](C)C. The third kappa shape index (κ3) is 34.5. The van der Waals surface area contributed by atoms with Gasteiger partial charge in [-0.25, -0.2) is 0 Å². The fourth-order valence-corrected chi connectivity index (χ4v) is 2.69. The summed E-state index contributed by atoms with van der Waals surface area (Å²) in [4.78, 5) is 0. The van der Waals surface area contributed by atoms with Crippen LogP contribution in [-0.4, -0.2) is 15.3 Å². The van der Waals surface area contributed by atoms with Gasteiger partial charge >= 0.3 is 0 Å². The Morgan fingerprint density at radius 2 is 0.696 bits per heavy atom. The van der Waals surface area contributed by atoms with Crippen molar-refractivity contribution in [3.63, 3.8) is 0 Å². The van der Waals surface area contributed by atoms with Crippen LogP contribution in [0.2, 0.25) is 19.6 Å². The first-order chi connectivity index (χ1) is 11.1. The first-order valence-corrected chi connectivity index (χ1v) is 14.3. The van der Waals surface area contributed by atoms with Crippen molar-refractivity contribution in [2.24, 2.45) is 5.73 Å². The monoisotopic (exact) mass is 343 g/mol. The van der Waals surface area contributed by atoms with Crippen molar-refractivity contribution in [2.45, 2.75) is 129 Å². The largest absolute Gasteiger partial charge is 0.330 e. The van der Waals surface area contributed by atoms with Gasteiger partial charge in [-0.1, -0.05) is 123 Å². The third-order valence-corrected chi connectivity index (χ3v) is 4.06. The Kier molecular flexibility index (Phi) is 27.0. The molecule has 0 fully saturated rings. The predicted molar refractivity (Wildman–Crippen MR) is 113 cm³/mol. The van der Waals surface area contributed by atoms with Gasteiger partial charge in [-0.3, -0.25) is 0 Å². The van der Waals surface area contributed by atoms with Gasteiger partial charge in [0.2, 0.25) is 0 Å². The molecule has 0 bridgehead atoms. The number of unbranched alkanes of at least 4 members (excludes halogenated alkanes) is 15. The molecule has 0 rings (SSSR count). The van der Waals surface area contributed by atoms with Crippen molar-refractivity contribution < 1.29 is 0 Å². The van der Waals surface area contributed by atoms with E-state index in [1.165, 1.54) is 103 Å². The highest BCUT2D eigenvalue weighted by Gasteiger charge is 1.94. The number of rotatable bonds is 16. The van der Waals surface area contributed by atoms with E-state index in [0.717, 1.165) is 6.54 Å². The summed E-state index contributed by atoms with van der Waals surface area (Å²) < 4.78 is 0. The molecular formula is C21H49NSi. The molecule has 0 spiro atoms. The second-order valence-corrected chi connectivity index (χ2v) is 11.3. The average molecular weight is 344 g/mol. The lowest BCUT2D eigenvalue weighted by atomic mass is 10.0. The fraction of sp³-hybridized carbons (Fsp3) is 1.00. The van der Waals surface area contributed by atoms with Crippen LogP contribution in [0.15, 0.2) is 0 Å². The van der Waals surface area contributed by atoms with Gasteiger partial charge in [0.25, 0.3) is 0 Å². The molecule has 0 amide bonds. The van der Waals surface area contributed by atoms with Crippen LogP contribution in [0.3, 0.4) is 0 Å². The number of nitrogens with two attached hydrogens (primary N) is 1. The molecule has 0 radical (unpaired) electrons. The molecule has 0 saturated carbocycles. The van der Waals surface area contributed by atoms with Gasteiger partial charge in [0.15, 0.2) is 0 Å². The van der Waals surface area contributed by atoms with E-state index in [-0.39, 0.29) is 8.80 Å². The van der Waals surface area contributed by atoms with Gasteiger partial charge in [-0.15, -0.1) is 0 Å². The molecule has 2 heteroatoms. The summed E-state index contributed by atoms with van der Waals surface area (Å²) in [7, 11) is -0.139. The lowest BCUT2D eigenvalue weighted by Crippen LogP contribution is -1.97. The summed E-state index contributed by atoms with van der Waals surface area (Å²) in [6.07, 6.45) is 22.9. The molecule has 0 aromatic rings. The zero-order chi connectivity index (χ0) is 17.6. The molecule has 0 unspecified atom stereocenters. The normalized spacial score (nSPS) is 10.7. The Hall–Kier alpha value is 0.177. The lowest BCUT2D eigenvalue weighted by molar-refractivity contribution is 0.530. The van der Waals surface area contributed by atoms with Crippen molar-refractivity contribution >= 4 is 8.80 Å². The molecular weight excluding hydrogens is 294 g/mol. The highest BCUT2D eigenvalue weighted by atomic mass is 28.3. The molecule has 0 aromatic heterocycles. The van der Waals surface area contributed by atoms with E-state index in [1.54, 1.807) is 0 Å². The Morgan fingerprint density at radius 3 is 0.913 bits per heavy atom. The van der Waals surface area contributed by atoms with E-state index in [4.69, 9.17) is 5.73 Å². The Balaban J connectivity index is 0. The topological polar surface area (TPSA) is 26.0 Å². The Morgan fingerprint density at radius 1 is 0.478 bits per heavy atom. The average Bonchev–Trinajstić information content (AvgIpc) is 2.50. The molecule has 0 heterocycles. The van der Waals surface area contributed by atoms with Crippen LogP contribution < -0.4 is 5.73 Å². The molecule has 0 atom stereocenters. The van der Waals surface area contributed by atoms with Crippen LogP contribution in [0.5, 0.6) is 0 Å². The molecule has 1 nitrogen and oxygen atoms in total. The first-order valence-electron chi connectivity index (χ1n) is 10.8. The number of hydrogen-bond acceptors (Lipinski definition) is 1. The van der Waals surface area contributed by atoms with E-state index < -0.39 is 0 Å². The second-order valence-electron chi connectivity index (χ2n) is 7.82. The quantitative estimate of drug-likeness (QED) is 0.231. The van der Waals surface area contributed by atoms with Crippen LogP contribution in [0.4, 0.5) is 0 Å². The van der Waals surface area contributed by atoms with Crippen molar-refractivity contribution in [3.8, 4) is 0 Å². The summed E-state index contributed by atoms with van der Waals surface area (Å²) in [5.41, 5.74) is 5.48. The van der Waals surface area contributed by atoms with Crippen LogP contribution in [0, 0.1) is 0 Å². The van der Waals surface area contributed by atoms with Gasteiger partial charge in [0.1, 0.15) is 0 Å². The zero-order valence-corrected chi connectivity index (χ0v) is 18.3. The van der Waals surface area contributed by atoms with E-state index in [0.29, 0.717) is 0 Å². The first kappa shape index (κ1) is 25.4. The molecule has 2 N–H and O–H groups in total. The summed E-state index contributed by atoms with van der Waals surface area (Å²) in [5.74, 6) is 0. The highest BCUT2D eigenvalue weighted by Crippen LogP contribution is 2.13. The molecule has 23 heavy (non-hydrogen) atoms. The summed E-state index contributed by atoms with van der Waals surface area (Å²) in [5, 5.41) is 0. The third-order valence-electron chi connectivity index (χ3n) is 4.06. The maximum Gasteiger partial charge on any atom is 0.0274 e. The predicted octanol–water partition coefficient (Wildman–Crippen LogP) is 7.31. The maximum absolute atomic E-state index is 5.48. The van der Waals surface area contributed by atoms with Crippen LogP contribution in [0.25, 0.3) is 0 Å². The summed E-state index contributed by atoms with van der Waals surface area (Å²) >= 11 is 0. The van der Waals surface area contributed by atoms with Gasteiger partial charge in [-0.2, -0.15) is 0 Å². The standard InChI is InChI=1S/C18H39N.C3H10Si/c1-2-3-4-5-6-7-8-9-10-11-12-13-14-15-16-17-18-19;1-4(2)3/h2-19H2,1H3;4H,1-3H3. The van der Waals surface area contributed by atoms with E-state index >= 15 is 0 Å². The molecule has 0 aliphatic rings. The molecule has 0 aliphatic heterocycles. The van der Waals surface area contributed by atoms with Gasteiger partial charge in [0, 0.05) is 8.80 Å². The molecule has 142 valence electrons. The van der Waals surface area contributed by atoms with Crippen LogP contribution in [0.1, 0.15) is 110 Å². The van der Waals surface area contributed by atoms with Crippen LogP contribution >= 0.6 is 0 Å². The minimum Gasteiger partial charge on any atom is -0.330 e. The molecule has 0 aromatic carbocycles. The maximum atomic E-state index is 5.48. The van der Waals surface area contributed by atoms with E-state index in [2.05, 4.69) is 26.6 Å². The van der Waals surface area contributed by atoms with Crippen molar-refractivity contribution in [3.05, 3.63) is 0 Å². The minimum absolute atomic E-state index is 0.139. The Bertz CT molecular complexity index is 164. The molecule has 0 saturated heterocycles. The molecule has 0 aliphatic carbocycles. The minimum atomic E-state index is -0.139. The van der Waals surface area contributed by atoms with Crippen molar-refractivity contribution in [1.29, 1.82) is 0 Å². The van der Waals surface area contributed by atoms with E-state index in [1.807, 2.05) is 0 Å². The van der Waals surface area contributed by atoms with Crippen molar-refractivity contribution in [1.82, 2.24) is 0 Å². The zero-order valence-electron chi connectivity index (χ0n) is 17.2. The lowest BCUT2D eigenvalue weighted by Gasteiger charge is -2.03. The fourth-order valence-electron chi connectivity index (χ4n) is 2.69. The highest BCUT2D eigenvalue weighted by molar-refractivity contribution is 6.54. The summed E-state index contributed by atoms with van der Waals surface area (Å²) in [6.45, 7) is 10.1. The summed E-state index contributed by atoms with van der Waals surface area (Å²) in [6, 6.07) is 0. The Labute approximate surface area is 150 Å². The van der Waals surface area contributed by atoms with Crippen molar-refractivity contribution in [2.75, 3.05) is 6.54 Å². The number of hydrogen-bond donors (Lipinski definition) is 1. The second kappa shape index (κ2) is 24.4. The van der Waals surface area contributed by atoms with Crippen LogP contribution in [-0.2, 0) is 0 Å². The van der Waals surface area contributed by atoms with E-state index in [9.17, 15) is 0 Å².